The predicted molar refractivity (Wildman–Crippen MR) is 88.0 cm³/mol. The van der Waals surface area contributed by atoms with Crippen LogP contribution in [-0.4, -0.2) is 40.0 Å². The molecule has 0 radical (unpaired) electrons. The van der Waals surface area contributed by atoms with Crippen LogP contribution < -0.4 is 10.5 Å². The van der Waals surface area contributed by atoms with Crippen molar-refractivity contribution in [2.24, 2.45) is 0 Å². The third kappa shape index (κ3) is 4.43. The summed E-state index contributed by atoms with van der Waals surface area (Å²) in [4.78, 5) is 2.34. The summed E-state index contributed by atoms with van der Waals surface area (Å²) in [6.07, 6.45) is 0.756. The van der Waals surface area contributed by atoms with E-state index in [-0.39, 0.29) is 6.04 Å². The van der Waals surface area contributed by atoms with E-state index in [9.17, 15) is 8.42 Å². The van der Waals surface area contributed by atoms with Crippen LogP contribution >= 0.6 is 0 Å². The quantitative estimate of drug-likeness (QED) is 0.786. The third-order valence-corrected chi connectivity index (χ3v) is 5.47. The number of anilines is 1. The average molecular weight is 313 g/mol. The van der Waals surface area contributed by atoms with Gasteiger partial charge in [-0.25, -0.2) is 13.1 Å². The van der Waals surface area contributed by atoms with E-state index >= 15 is 0 Å². The van der Waals surface area contributed by atoms with Gasteiger partial charge >= 0.3 is 0 Å². The van der Waals surface area contributed by atoms with Crippen LogP contribution in [0.1, 0.15) is 30.0 Å². The van der Waals surface area contributed by atoms with Gasteiger partial charge in [-0.05, 0) is 71.4 Å². The summed E-state index contributed by atoms with van der Waals surface area (Å²) in [5.74, 6) is 0. The van der Waals surface area contributed by atoms with Gasteiger partial charge in [-0.15, -0.1) is 0 Å². The lowest BCUT2D eigenvalue weighted by Gasteiger charge is -2.20. The number of nitrogens with one attached hydrogen (secondary N) is 1. The average Bonchev–Trinajstić information content (AvgIpc) is 2.32. The highest BCUT2D eigenvalue weighted by Crippen LogP contribution is 2.28. The topological polar surface area (TPSA) is 75.4 Å². The number of hydrogen-bond acceptors (Lipinski definition) is 4. The highest BCUT2D eigenvalue weighted by molar-refractivity contribution is 7.89. The number of nitrogens with two attached hydrogens (primary N) is 1. The largest absolute Gasteiger partial charge is 0.398 e. The van der Waals surface area contributed by atoms with Crippen LogP contribution in [0.15, 0.2) is 11.0 Å². The third-order valence-electron chi connectivity index (χ3n) is 3.59. The molecule has 0 aliphatic rings. The number of rotatable bonds is 6. The van der Waals surface area contributed by atoms with Crippen LogP contribution in [0.4, 0.5) is 5.69 Å². The molecule has 5 nitrogen and oxygen atoms in total. The van der Waals surface area contributed by atoms with Gasteiger partial charge in [-0.1, -0.05) is 6.07 Å². The molecule has 0 saturated carbocycles. The summed E-state index contributed by atoms with van der Waals surface area (Å²) in [7, 11) is 0.380. The zero-order chi connectivity index (χ0) is 16.4. The van der Waals surface area contributed by atoms with Gasteiger partial charge in [-0.3, -0.25) is 0 Å². The van der Waals surface area contributed by atoms with E-state index < -0.39 is 10.0 Å². The normalized spacial score (nSPS) is 13.7. The van der Waals surface area contributed by atoms with Crippen molar-refractivity contribution in [1.82, 2.24) is 9.62 Å². The maximum Gasteiger partial charge on any atom is 0.241 e. The fourth-order valence-corrected chi connectivity index (χ4v) is 4.19. The molecule has 6 heteroatoms. The van der Waals surface area contributed by atoms with Crippen LogP contribution in [0.5, 0.6) is 0 Å². The van der Waals surface area contributed by atoms with Gasteiger partial charge in [0.25, 0.3) is 0 Å². The van der Waals surface area contributed by atoms with Crippen LogP contribution in [-0.2, 0) is 10.0 Å². The molecule has 0 saturated heterocycles. The second kappa shape index (κ2) is 6.77. The first kappa shape index (κ1) is 17.9. The summed E-state index contributed by atoms with van der Waals surface area (Å²) >= 11 is 0. The predicted octanol–water partition coefficient (Wildman–Crippen LogP) is 1.81. The van der Waals surface area contributed by atoms with Crippen molar-refractivity contribution in [2.75, 3.05) is 26.4 Å². The Hall–Kier alpha value is -1.11. The number of sulfonamides is 1. The van der Waals surface area contributed by atoms with E-state index in [4.69, 9.17) is 5.73 Å². The number of nitrogens with zero attached hydrogens (tertiary/aromatic N) is 1. The van der Waals surface area contributed by atoms with Gasteiger partial charge in [0, 0.05) is 11.7 Å². The number of benzene rings is 1. The second-order valence-corrected chi connectivity index (χ2v) is 7.64. The van der Waals surface area contributed by atoms with E-state index in [2.05, 4.69) is 4.72 Å². The van der Waals surface area contributed by atoms with Crippen LogP contribution in [0.2, 0.25) is 0 Å². The number of nitrogen functional groups attached to an aromatic ring is 1. The van der Waals surface area contributed by atoms with E-state index in [1.165, 1.54) is 0 Å². The van der Waals surface area contributed by atoms with E-state index in [0.717, 1.165) is 24.1 Å². The highest BCUT2D eigenvalue weighted by Gasteiger charge is 2.23. The van der Waals surface area contributed by atoms with Gasteiger partial charge in [0.2, 0.25) is 10.0 Å². The summed E-state index contributed by atoms with van der Waals surface area (Å²) in [5, 5.41) is 0. The lowest BCUT2D eigenvalue weighted by Crippen LogP contribution is -2.35. The Morgan fingerprint density at radius 2 is 1.81 bits per heavy atom. The van der Waals surface area contributed by atoms with Crippen molar-refractivity contribution in [3.05, 3.63) is 22.8 Å². The molecule has 1 rings (SSSR count). The molecule has 3 N–H and O–H groups in total. The summed E-state index contributed by atoms with van der Waals surface area (Å²) in [6, 6.07) is 1.69. The molecule has 0 amide bonds. The lowest BCUT2D eigenvalue weighted by molar-refractivity contribution is 0.379. The molecular weight excluding hydrogens is 286 g/mol. The molecular formula is C15H27N3O2S. The molecule has 0 spiro atoms. The standard InChI is InChI=1S/C15H27N3O2S/c1-10-9-11(2)15(13(4)14(10)16)21(19,20)17-12(3)7-8-18(5)6/h9,12,17H,7-8,16H2,1-6H3. The second-order valence-electron chi connectivity index (χ2n) is 5.99. The number of aryl methyl sites for hydroxylation is 2. The van der Waals surface area contributed by atoms with Gasteiger partial charge in [0.1, 0.15) is 0 Å². The van der Waals surface area contributed by atoms with Gasteiger partial charge in [0.05, 0.1) is 4.90 Å². The van der Waals surface area contributed by atoms with E-state index in [1.807, 2.05) is 38.9 Å². The van der Waals surface area contributed by atoms with Crippen molar-refractivity contribution in [3.8, 4) is 0 Å². The smallest absolute Gasteiger partial charge is 0.241 e. The lowest BCUT2D eigenvalue weighted by atomic mass is 10.1. The zero-order valence-corrected chi connectivity index (χ0v) is 14.6. The molecule has 0 fully saturated rings. The van der Waals surface area contributed by atoms with Crippen molar-refractivity contribution in [1.29, 1.82) is 0 Å². The minimum Gasteiger partial charge on any atom is -0.398 e. The minimum atomic E-state index is -3.56. The molecule has 0 bridgehead atoms. The van der Waals surface area contributed by atoms with Crippen molar-refractivity contribution in [2.45, 2.75) is 45.1 Å². The molecule has 21 heavy (non-hydrogen) atoms. The van der Waals surface area contributed by atoms with Crippen LogP contribution in [0, 0.1) is 20.8 Å². The van der Waals surface area contributed by atoms with E-state index in [0.29, 0.717) is 16.1 Å². The Morgan fingerprint density at radius 3 is 2.33 bits per heavy atom. The van der Waals surface area contributed by atoms with Crippen molar-refractivity contribution < 1.29 is 8.42 Å². The van der Waals surface area contributed by atoms with Gasteiger partial charge in [-0.2, -0.15) is 0 Å². The first-order chi connectivity index (χ1) is 9.56. The maximum absolute atomic E-state index is 12.6. The Balaban J connectivity index is 3.07. The van der Waals surface area contributed by atoms with E-state index in [1.54, 1.807) is 13.8 Å². The summed E-state index contributed by atoms with van der Waals surface area (Å²) in [5.41, 5.74) is 8.78. The maximum atomic E-state index is 12.6. The SMILES string of the molecule is Cc1cc(C)c(S(=O)(=O)NC(C)CCN(C)C)c(C)c1N. The molecule has 1 aromatic rings. The highest BCUT2D eigenvalue weighted by atomic mass is 32.2. The first-order valence-electron chi connectivity index (χ1n) is 7.09. The Morgan fingerprint density at radius 1 is 1.24 bits per heavy atom. The molecule has 0 aromatic heterocycles. The van der Waals surface area contributed by atoms with Crippen molar-refractivity contribution in [3.63, 3.8) is 0 Å². The molecule has 0 heterocycles. The minimum absolute atomic E-state index is 0.126. The number of hydrogen-bond donors (Lipinski definition) is 2. The van der Waals surface area contributed by atoms with Gasteiger partial charge < -0.3 is 10.6 Å². The summed E-state index contributed by atoms with van der Waals surface area (Å²) < 4.78 is 28.0. The monoisotopic (exact) mass is 313 g/mol. The van der Waals surface area contributed by atoms with Crippen molar-refractivity contribution >= 4 is 15.7 Å². The first-order valence-corrected chi connectivity index (χ1v) is 8.58. The molecule has 120 valence electrons. The fraction of sp³-hybridized carbons (Fsp3) is 0.600. The molecule has 0 aliphatic heterocycles. The zero-order valence-electron chi connectivity index (χ0n) is 13.8. The Bertz CT molecular complexity index is 610. The van der Waals surface area contributed by atoms with Gasteiger partial charge in [0.15, 0.2) is 0 Å². The Labute approximate surface area is 128 Å². The Kier molecular flexibility index (Phi) is 5.78. The molecule has 1 unspecified atom stereocenters. The summed E-state index contributed by atoms with van der Waals surface area (Å²) in [6.45, 7) is 8.16. The molecule has 0 aliphatic carbocycles. The van der Waals surface area contributed by atoms with Crippen LogP contribution in [0.25, 0.3) is 0 Å². The molecule has 1 aromatic carbocycles. The van der Waals surface area contributed by atoms with Crippen LogP contribution in [0.3, 0.4) is 0 Å². The fourth-order valence-electron chi connectivity index (χ4n) is 2.43. The molecule has 1 atom stereocenters.